The number of rotatable bonds is 10. The van der Waals surface area contributed by atoms with Gasteiger partial charge in [-0.25, -0.2) is 9.07 Å². The largest absolute Gasteiger partial charge is 0.383 e. The molecular weight excluding hydrogens is 499 g/mol. The Morgan fingerprint density at radius 1 is 1.00 bits per heavy atom. The van der Waals surface area contributed by atoms with Crippen molar-refractivity contribution in [1.29, 1.82) is 0 Å². The summed E-state index contributed by atoms with van der Waals surface area (Å²) in [7, 11) is 2.14. The van der Waals surface area contributed by atoms with E-state index in [4.69, 9.17) is 0 Å². The first-order valence-corrected chi connectivity index (χ1v) is 13.2. The molecule has 0 radical (unpaired) electrons. The molecule has 4 aromatic rings. The molecule has 1 saturated heterocycles. The minimum absolute atomic E-state index is 0.210. The molecule has 0 bridgehead atoms. The van der Waals surface area contributed by atoms with Gasteiger partial charge >= 0.3 is 0 Å². The van der Waals surface area contributed by atoms with Crippen LogP contribution in [0.25, 0.3) is 16.7 Å². The van der Waals surface area contributed by atoms with E-state index in [1.807, 2.05) is 6.07 Å². The van der Waals surface area contributed by atoms with E-state index in [0.29, 0.717) is 36.7 Å². The number of nitrogens with zero attached hydrogens (tertiary/aromatic N) is 6. The Morgan fingerprint density at radius 3 is 2.69 bits per heavy atom. The van der Waals surface area contributed by atoms with Gasteiger partial charge in [0, 0.05) is 68.8 Å². The van der Waals surface area contributed by atoms with E-state index >= 15 is 0 Å². The highest BCUT2D eigenvalue weighted by Gasteiger charge is 2.14. The van der Waals surface area contributed by atoms with Gasteiger partial charge in [-0.1, -0.05) is 0 Å². The summed E-state index contributed by atoms with van der Waals surface area (Å²) in [5.41, 5.74) is 1.49. The molecule has 4 heterocycles. The van der Waals surface area contributed by atoms with Crippen molar-refractivity contribution in [2.75, 3.05) is 58.2 Å². The molecule has 0 saturated carbocycles. The topological polar surface area (TPSA) is 100 Å². The Kier molecular flexibility index (Phi) is 8.28. The highest BCUT2D eigenvalue weighted by molar-refractivity contribution is 5.93. The molecule has 3 aromatic heterocycles. The maximum atomic E-state index is 13.8. The first-order chi connectivity index (χ1) is 19.0. The van der Waals surface area contributed by atoms with E-state index in [9.17, 15) is 14.0 Å². The highest BCUT2D eigenvalue weighted by atomic mass is 19.1. The zero-order valence-corrected chi connectivity index (χ0v) is 22.0. The fraction of sp³-hybridized carbons (Fsp3) is 0.357. The highest BCUT2D eigenvalue weighted by Crippen LogP contribution is 2.20. The van der Waals surface area contributed by atoms with Crippen molar-refractivity contribution in [3.8, 4) is 5.82 Å². The fourth-order valence-electron chi connectivity index (χ4n) is 4.67. The number of hydrogen-bond acceptors (Lipinski definition) is 7. The summed E-state index contributed by atoms with van der Waals surface area (Å²) in [6.07, 6.45) is 4.28. The second kappa shape index (κ2) is 12.2. The monoisotopic (exact) mass is 532 g/mol. The van der Waals surface area contributed by atoms with Gasteiger partial charge in [0.2, 0.25) is 0 Å². The summed E-state index contributed by atoms with van der Waals surface area (Å²) < 4.78 is 16.9. The first-order valence-electron chi connectivity index (χ1n) is 13.2. The molecule has 1 aromatic carbocycles. The first kappa shape index (κ1) is 26.5. The number of carbonyl (C=O) groups excluding carboxylic acids is 1. The summed E-state index contributed by atoms with van der Waals surface area (Å²) >= 11 is 0. The zero-order chi connectivity index (χ0) is 27.2. The Bertz CT molecular complexity index is 1490. The number of aromatic nitrogens is 4. The van der Waals surface area contributed by atoms with Gasteiger partial charge in [0.1, 0.15) is 11.5 Å². The van der Waals surface area contributed by atoms with Gasteiger partial charge in [0.25, 0.3) is 11.5 Å². The molecule has 204 valence electrons. The average molecular weight is 533 g/mol. The van der Waals surface area contributed by atoms with Crippen LogP contribution in [-0.2, 0) is 6.54 Å². The minimum atomic E-state index is -0.337. The molecule has 0 unspecified atom stereocenters. The van der Waals surface area contributed by atoms with Crippen LogP contribution in [-0.4, -0.2) is 87.9 Å². The molecule has 0 spiro atoms. The summed E-state index contributed by atoms with van der Waals surface area (Å²) in [4.78, 5) is 34.0. The van der Waals surface area contributed by atoms with Crippen LogP contribution in [0.5, 0.6) is 0 Å². The number of benzene rings is 1. The van der Waals surface area contributed by atoms with Crippen molar-refractivity contribution in [3.63, 3.8) is 0 Å². The van der Waals surface area contributed by atoms with Crippen LogP contribution in [0.2, 0.25) is 0 Å². The van der Waals surface area contributed by atoms with Gasteiger partial charge in [-0.3, -0.25) is 19.1 Å². The molecule has 39 heavy (non-hydrogen) atoms. The molecule has 5 rings (SSSR count). The number of piperazine rings is 1. The van der Waals surface area contributed by atoms with Crippen molar-refractivity contribution in [2.45, 2.75) is 13.0 Å². The normalized spacial score (nSPS) is 14.5. The number of fused-ring (bicyclic) bond motifs is 1. The molecule has 1 aliphatic heterocycles. The van der Waals surface area contributed by atoms with Crippen molar-refractivity contribution >= 4 is 22.5 Å². The van der Waals surface area contributed by atoms with Crippen molar-refractivity contribution in [3.05, 3.63) is 82.8 Å². The van der Waals surface area contributed by atoms with Gasteiger partial charge in [-0.05, 0) is 62.5 Å². The van der Waals surface area contributed by atoms with Crippen LogP contribution in [0.1, 0.15) is 16.9 Å². The third kappa shape index (κ3) is 6.68. The second-order valence-corrected chi connectivity index (χ2v) is 9.75. The van der Waals surface area contributed by atoms with Crippen LogP contribution in [0.3, 0.4) is 0 Å². The van der Waals surface area contributed by atoms with Crippen molar-refractivity contribution in [2.24, 2.45) is 0 Å². The predicted molar refractivity (Wildman–Crippen MR) is 149 cm³/mol. The van der Waals surface area contributed by atoms with E-state index in [1.165, 1.54) is 22.9 Å². The fourth-order valence-corrected chi connectivity index (χ4v) is 4.67. The summed E-state index contributed by atoms with van der Waals surface area (Å²) in [6.45, 7) is 6.57. The van der Waals surface area contributed by atoms with Crippen LogP contribution in [0.4, 0.5) is 10.1 Å². The lowest BCUT2D eigenvalue weighted by atomic mass is 10.2. The lowest BCUT2D eigenvalue weighted by molar-refractivity contribution is 0.0944. The number of amides is 1. The number of anilines is 1. The van der Waals surface area contributed by atoms with Crippen molar-refractivity contribution in [1.82, 2.24) is 34.4 Å². The number of hydrogen-bond donors (Lipinski definition) is 2. The summed E-state index contributed by atoms with van der Waals surface area (Å²) in [5.74, 6) is -0.0280. The minimum Gasteiger partial charge on any atom is -0.383 e. The molecule has 1 fully saturated rings. The van der Waals surface area contributed by atoms with Gasteiger partial charge in [0.05, 0.1) is 12.1 Å². The van der Waals surface area contributed by atoms with Crippen molar-refractivity contribution < 1.29 is 9.18 Å². The molecule has 0 aliphatic carbocycles. The average Bonchev–Trinajstić information content (AvgIpc) is 3.36. The molecule has 0 atom stereocenters. The number of carbonyl (C=O) groups is 1. The SMILES string of the molecule is CN1CCN(CCCNC(=O)c2cc(NCCn3nc(-n4ccc5ccc(F)cc54)ccc3=O)ccn2)CC1. The lowest BCUT2D eigenvalue weighted by Crippen LogP contribution is -2.45. The zero-order valence-electron chi connectivity index (χ0n) is 22.0. The molecule has 2 N–H and O–H groups in total. The van der Waals surface area contributed by atoms with Crippen LogP contribution >= 0.6 is 0 Å². The second-order valence-electron chi connectivity index (χ2n) is 9.75. The van der Waals surface area contributed by atoms with Gasteiger partial charge in [0.15, 0.2) is 5.82 Å². The van der Waals surface area contributed by atoms with Gasteiger partial charge < -0.3 is 20.4 Å². The van der Waals surface area contributed by atoms with E-state index in [1.54, 1.807) is 41.2 Å². The lowest BCUT2D eigenvalue weighted by Gasteiger charge is -2.32. The number of nitrogens with one attached hydrogen (secondary N) is 2. The van der Waals surface area contributed by atoms with Gasteiger partial charge in [-0.15, -0.1) is 0 Å². The van der Waals surface area contributed by atoms with E-state index in [-0.39, 0.29) is 17.3 Å². The Labute approximate surface area is 226 Å². The van der Waals surface area contributed by atoms with Crippen LogP contribution < -0.4 is 16.2 Å². The molecule has 11 heteroatoms. The summed E-state index contributed by atoms with van der Waals surface area (Å²) in [5, 5.41) is 11.5. The van der Waals surface area contributed by atoms with Gasteiger partial charge in [-0.2, -0.15) is 5.10 Å². The molecular formula is C28H33FN8O2. The molecule has 10 nitrogen and oxygen atoms in total. The molecule has 1 amide bonds. The predicted octanol–water partition coefficient (Wildman–Crippen LogP) is 2.20. The number of pyridine rings is 1. The summed E-state index contributed by atoms with van der Waals surface area (Å²) in [6, 6.07) is 13.0. The Hall–Kier alpha value is -4.09. The third-order valence-corrected chi connectivity index (χ3v) is 6.93. The van der Waals surface area contributed by atoms with E-state index in [0.717, 1.165) is 50.2 Å². The number of likely N-dealkylation sites (N-methyl/N-ethyl adjacent to an activating group) is 1. The standard InChI is InChI=1S/C28H33FN8O2/c1-34-15-17-35(18-16-34)12-2-9-32-28(39)24-20-23(7-10-31-24)30-11-14-37-27(38)6-5-26(33-37)36-13-8-21-3-4-22(29)19-25(21)36/h3-8,10,13,19-20H,2,9,11-12,14-18H2,1H3,(H,30,31)(H,32,39). The van der Waals surface area contributed by atoms with E-state index in [2.05, 4.69) is 37.6 Å². The van der Waals surface area contributed by atoms with Crippen LogP contribution in [0, 0.1) is 5.82 Å². The number of halogens is 1. The van der Waals surface area contributed by atoms with Crippen LogP contribution in [0.15, 0.2) is 65.7 Å². The Balaban J connectivity index is 1.14. The maximum absolute atomic E-state index is 13.8. The van der Waals surface area contributed by atoms with E-state index < -0.39 is 0 Å². The maximum Gasteiger partial charge on any atom is 0.269 e. The molecule has 1 aliphatic rings. The Morgan fingerprint density at radius 2 is 1.85 bits per heavy atom. The third-order valence-electron chi connectivity index (χ3n) is 6.93. The smallest absolute Gasteiger partial charge is 0.269 e. The quantitative estimate of drug-likeness (QED) is 0.302.